The van der Waals surface area contributed by atoms with Gasteiger partial charge in [0.15, 0.2) is 0 Å². The summed E-state index contributed by atoms with van der Waals surface area (Å²) >= 11 is 0. The molecule has 0 spiro atoms. The smallest absolute Gasteiger partial charge is 0.475 e. The maximum absolute atomic E-state index is 11.4. The van der Waals surface area contributed by atoms with Crippen LogP contribution in [-0.2, 0) is 16.1 Å². The summed E-state index contributed by atoms with van der Waals surface area (Å²) < 4.78 is 36.8. The van der Waals surface area contributed by atoms with Gasteiger partial charge >= 0.3 is 18.2 Å². The molecule has 1 unspecified atom stereocenters. The summed E-state index contributed by atoms with van der Waals surface area (Å²) in [6, 6.07) is 9.88. The van der Waals surface area contributed by atoms with Crippen molar-refractivity contribution in [1.82, 2.24) is 10.6 Å². The summed E-state index contributed by atoms with van der Waals surface area (Å²) in [4.78, 5) is 20.3. The van der Waals surface area contributed by atoms with Crippen LogP contribution in [0.15, 0.2) is 30.3 Å². The van der Waals surface area contributed by atoms with E-state index in [0.29, 0.717) is 6.61 Å². The Kier molecular flexibility index (Phi) is 7.33. The number of carbonyl (C=O) groups excluding carboxylic acids is 1. The Balaban J connectivity index is 0.000000322. The Hall–Kier alpha value is -2.29. The molecule has 1 atom stereocenters. The van der Waals surface area contributed by atoms with Crippen molar-refractivity contribution in [3.8, 4) is 0 Å². The first kappa shape index (κ1) is 18.8. The van der Waals surface area contributed by atoms with Crippen LogP contribution in [0, 0.1) is 0 Å². The molecule has 2 rings (SSSR count). The van der Waals surface area contributed by atoms with E-state index in [9.17, 15) is 18.0 Å². The molecule has 1 aliphatic heterocycles. The second kappa shape index (κ2) is 8.99. The van der Waals surface area contributed by atoms with Crippen molar-refractivity contribution in [3.63, 3.8) is 0 Å². The van der Waals surface area contributed by atoms with Crippen LogP contribution in [0.3, 0.4) is 0 Å². The quantitative estimate of drug-likeness (QED) is 0.786. The number of carboxylic acids is 1. The number of halogens is 3. The number of rotatable bonds is 3. The molecule has 1 aromatic carbocycles. The number of ether oxygens (including phenoxy) is 1. The van der Waals surface area contributed by atoms with Crippen molar-refractivity contribution < 1.29 is 32.6 Å². The summed E-state index contributed by atoms with van der Waals surface area (Å²) in [5.41, 5.74) is 1.00. The van der Waals surface area contributed by atoms with Gasteiger partial charge in [-0.15, -0.1) is 0 Å². The molecule has 128 valence electrons. The van der Waals surface area contributed by atoms with Gasteiger partial charge in [0.1, 0.15) is 6.61 Å². The summed E-state index contributed by atoms with van der Waals surface area (Å²) in [5, 5.41) is 13.1. The number of alkyl carbamates (subject to hydrolysis) is 1. The molecule has 6 nitrogen and oxygen atoms in total. The van der Waals surface area contributed by atoms with Gasteiger partial charge in [0, 0.05) is 12.6 Å². The van der Waals surface area contributed by atoms with Crippen LogP contribution in [0.25, 0.3) is 0 Å². The lowest BCUT2D eigenvalue weighted by Crippen LogP contribution is -2.36. The predicted octanol–water partition coefficient (Wildman–Crippen LogP) is 1.91. The Labute approximate surface area is 130 Å². The third-order valence-electron chi connectivity index (χ3n) is 2.84. The number of carboxylic acid groups (broad SMARTS) is 1. The summed E-state index contributed by atoms with van der Waals surface area (Å²) in [6.07, 6.45) is -4.45. The molecule has 0 aliphatic carbocycles. The number of amides is 1. The minimum absolute atomic E-state index is 0.211. The lowest BCUT2D eigenvalue weighted by atomic mass is 10.2. The van der Waals surface area contributed by atoms with Gasteiger partial charge in [0.25, 0.3) is 0 Å². The molecule has 9 heteroatoms. The van der Waals surface area contributed by atoms with Crippen LogP contribution in [0.2, 0.25) is 0 Å². The number of aliphatic carboxylic acids is 1. The van der Waals surface area contributed by atoms with Gasteiger partial charge in [-0.05, 0) is 18.5 Å². The van der Waals surface area contributed by atoms with Crippen LogP contribution in [-0.4, -0.2) is 42.5 Å². The van der Waals surface area contributed by atoms with Crippen molar-refractivity contribution in [2.45, 2.75) is 25.2 Å². The molecule has 1 amide bonds. The zero-order valence-electron chi connectivity index (χ0n) is 12.1. The maximum atomic E-state index is 11.4. The molecule has 3 N–H and O–H groups in total. The largest absolute Gasteiger partial charge is 0.490 e. The topological polar surface area (TPSA) is 87.7 Å². The second-order valence-corrected chi connectivity index (χ2v) is 4.70. The molecule has 0 bridgehead atoms. The minimum Gasteiger partial charge on any atom is -0.475 e. The molecular formula is C14H17F3N2O4. The third-order valence-corrected chi connectivity index (χ3v) is 2.84. The lowest BCUT2D eigenvalue weighted by Gasteiger charge is -2.11. The zero-order valence-corrected chi connectivity index (χ0v) is 12.1. The highest BCUT2D eigenvalue weighted by molar-refractivity contribution is 5.73. The Morgan fingerprint density at radius 1 is 1.30 bits per heavy atom. The standard InChI is InChI=1S/C12H16N2O2.C2HF3O2/c15-12(14-11-6-7-13-8-11)16-9-10-4-2-1-3-5-10;3-2(4,5)1(6)7/h1-5,11,13H,6-9H2,(H,14,15);(H,6,7). The minimum atomic E-state index is -5.08. The van der Waals surface area contributed by atoms with Crippen molar-refractivity contribution >= 4 is 12.1 Å². The molecule has 1 saturated heterocycles. The molecule has 0 aromatic heterocycles. The highest BCUT2D eigenvalue weighted by Crippen LogP contribution is 2.13. The first-order valence-corrected chi connectivity index (χ1v) is 6.77. The molecular weight excluding hydrogens is 317 g/mol. The van der Waals surface area contributed by atoms with Gasteiger partial charge in [0.05, 0.1) is 0 Å². The monoisotopic (exact) mass is 334 g/mol. The van der Waals surface area contributed by atoms with Crippen LogP contribution in [0.5, 0.6) is 0 Å². The fourth-order valence-corrected chi connectivity index (χ4v) is 1.71. The SMILES string of the molecule is O=C(NC1CCNC1)OCc1ccccc1.O=C(O)C(F)(F)F. The average Bonchev–Trinajstić information content (AvgIpc) is 2.99. The average molecular weight is 334 g/mol. The summed E-state index contributed by atoms with van der Waals surface area (Å²) in [6.45, 7) is 2.12. The molecule has 1 aromatic rings. The van der Waals surface area contributed by atoms with Crippen LogP contribution in [0.4, 0.5) is 18.0 Å². The van der Waals surface area contributed by atoms with E-state index < -0.39 is 12.1 Å². The maximum Gasteiger partial charge on any atom is 0.490 e. The van der Waals surface area contributed by atoms with Gasteiger partial charge in [-0.3, -0.25) is 0 Å². The van der Waals surface area contributed by atoms with E-state index in [-0.39, 0.29) is 12.1 Å². The molecule has 1 heterocycles. The normalized spacial score (nSPS) is 16.9. The van der Waals surface area contributed by atoms with Crippen LogP contribution >= 0.6 is 0 Å². The summed E-state index contributed by atoms with van der Waals surface area (Å²) in [7, 11) is 0. The Morgan fingerprint density at radius 3 is 2.39 bits per heavy atom. The summed E-state index contributed by atoms with van der Waals surface area (Å²) in [5.74, 6) is -2.76. The van der Waals surface area contributed by atoms with E-state index >= 15 is 0 Å². The number of hydrogen-bond acceptors (Lipinski definition) is 4. The number of benzene rings is 1. The van der Waals surface area contributed by atoms with Crippen molar-refractivity contribution in [3.05, 3.63) is 35.9 Å². The number of nitrogens with one attached hydrogen (secondary N) is 2. The number of carbonyl (C=O) groups is 2. The second-order valence-electron chi connectivity index (χ2n) is 4.70. The van der Waals surface area contributed by atoms with Gasteiger partial charge in [-0.1, -0.05) is 30.3 Å². The van der Waals surface area contributed by atoms with Crippen LogP contribution < -0.4 is 10.6 Å². The molecule has 0 saturated carbocycles. The zero-order chi connectivity index (χ0) is 17.3. The first-order chi connectivity index (χ1) is 10.8. The first-order valence-electron chi connectivity index (χ1n) is 6.77. The highest BCUT2D eigenvalue weighted by Gasteiger charge is 2.38. The third kappa shape index (κ3) is 8.05. The number of alkyl halides is 3. The van der Waals surface area contributed by atoms with E-state index in [0.717, 1.165) is 25.1 Å². The van der Waals surface area contributed by atoms with Gasteiger partial charge in [-0.2, -0.15) is 13.2 Å². The fourth-order valence-electron chi connectivity index (χ4n) is 1.71. The van der Waals surface area contributed by atoms with E-state index in [4.69, 9.17) is 14.6 Å². The fraction of sp³-hybridized carbons (Fsp3) is 0.429. The Morgan fingerprint density at radius 2 is 1.91 bits per heavy atom. The molecule has 1 fully saturated rings. The van der Waals surface area contributed by atoms with Crippen LogP contribution in [0.1, 0.15) is 12.0 Å². The number of hydrogen-bond donors (Lipinski definition) is 3. The predicted molar refractivity (Wildman–Crippen MR) is 74.7 cm³/mol. The van der Waals surface area contributed by atoms with E-state index in [1.54, 1.807) is 0 Å². The van der Waals surface area contributed by atoms with Gasteiger partial charge in [0.2, 0.25) is 0 Å². The molecule has 1 aliphatic rings. The van der Waals surface area contributed by atoms with Gasteiger partial charge in [-0.25, -0.2) is 9.59 Å². The highest BCUT2D eigenvalue weighted by atomic mass is 19.4. The van der Waals surface area contributed by atoms with E-state index in [2.05, 4.69) is 10.6 Å². The van der Waals surface area contributed by atoms with E-state index in [1.807, 2.05) is 30.3 Å². The van der Waals surface area contributed by atoms with Crippen molar-refractivity contribution in [2.24, 2.45) is 0 Å². The molecule has 23 heavy (non-hydrogen) atoms. The lowest BCUT2D eigenvalue weighted by molar-refractivity contribution is -0.192. The van der Waals surface area contributed by atoms with Crippen molar-refractivity contribution in [1.29, 1.82) is 0 Å². The van der Waals surface area contributed by atoms with E-state index in [1.165, 1.54) is 0 Å². The molecule has 0 radical (unpaired) electrons. The Bertz CT molecular complexity index is 502. The van der Waals surface area contributed by atoms with Crippen molar-refractivity contribution in [2.75, 3.05) is 13.1 Å². The van der Waals surface area contributed by atoms with Gasteiger partial charge < -0.3 is 20.5 Å².